The number of hydrogen-bond acceptors (Lipinski definition) is 6. The number of ether oxygens (including phenoxy) is 2. The molecule has 0 atom stereocenters. The number of nitrogens with one attached hydrogen (secondary N) is 1. The predicted molar refractivity (Wildman–Crippen MR) is 89.2 cm³/mol. The van der Waals surface area contributed by atoms with E-state index >= 15 is 0 Å². The van der Waals surface area contributed by atoms with Crippen LogP contribution in [0.3, 0.4) is 0 Å². The van der Waals surface area contributed by atoms with Crippen molar-refractivity contribution in [1.29, 1.82) is 0 Å². The molecule has 6 nitrogen and oxygen atoms in total. The third-order valence-electron chi connectivity index (χ3n) is 3.73. The normalized spacial score (nSPS) is 14.5. The van der Waals surface area contributed by atoms with E-state index in [1.54, 1.807) is 24.5 Å². The Hall–Kier alpha value is -2.41. The van der Waals surface area contributed by atoms with E-state index in [0.29, 0.717) is 5.88 Å². The van der Waals surface area contributed by atoms with E-state index in [1.165, 1.54) is 6.07 Å². The second-order valence-electron chi connectivity index (χ2n) is 5.55. The molecule has 1 N–H and O–H groups in total. The largest absolute Gasteiger partial charge is 0.487 e. The number of aryl methyl sites for hydroxylation is 1. The van der Waals surface area contributed by atoms with Crippen molar-refractivity contribution in [2.45, 2.75) is 6.92 Å². The lowest BCUT2D eigenvalue weighted by Crippen LogP contribution is -2.44. The van der Waals surface area contributed by atoms with Gasteiger partial charge in [0.15, 0.2) is 17.4 Å². The van der Waals surface area contributed by atoms with E-state index in [4.69, 9.17) is 9.47 Å². The highest BCUT2D eigenvalue weighted by Crippen LogP contribution is 2.23. The zero-order valence-electron chi connectivity index (χ0n) is 13.7. The number of anilines is 1. The molecule has 0 spiro atoms. The average molecular weight is 332 g/mol. The van der Waals surface area contributed by atoms with Crippen LogP contribution < -0.4 is 19.7 Å². The number of aromatic nitrogens is 2. The molecule has 0 radical (unpaired) electrons. The van der Waals surface area contributed by atoms with Crippen LogP contribution in [-0.4, -0.2) is 49.4 Å². The molecule has 2 aromatic rings. The van der Waals surface area contributed by atoms with Crippen LogP contribution in [0.1, 0.15) is 5.56 Å². The van der Waals surface area contributed by atoms with Crippen molar-refractivity contribution in [1.82, 2.24) is 15.3 Å². The standard InChI is InChI=1S/C17H21FN4O2/c1-13-2-3-14(18)15(12-13)23-10-11-24-17-16(20-4-5-21-17)22-8-6-19-7-9-22/h2-5,12,19H,6-11H2,1H3. The van der Waals surface area contributed by atoms with Gasteiger partial charge >= 0.3 is 0 Å². The van der Waals surface area contributed by atoms with E-state index in [1.807, 2.05) is 6.92 Å². The molecule has 1 saturated heterocycles. The molecule has 0 amide bonds. The monoisotopic (exact) mass is 332 g/mol. The third-order valence-corrected chi connectivity index (χ3v) is 3.73. The molecule has 1 aromatic carbocycles. The number of nitrogens with zero attached hydrogens (tertiary/aromatic N) is 3. The van der Waals surface area contributed by atoms with Crippen LogP contribution >= 0.6 is 0 Å². The van der Waals surface area contributed by atoms with Crippen LogP contribution in [0.2, 0.25) is 0 Å². The van der Waals surface area contributed by atoms with Crippen LogP contribution in [0.4, 0.5) is 10.2 Å². The lowest BCUT2D eigenvalue weighted by Gasteiger charge is -2.28. The second-order valence-corrected chi connectivity index (χ2v) is 5.55. The van der Waals surface area contributed by atoms with E-state index in [9.17, 15) is 4.39 Å². The quantitative estimate of drug-likeness (QED) is 0.814. The third kappa shape index (κ3) is 4.11. The first kappa shape index (κ1) is 16.4. The first-order chi connectivity index (χ1) is 11.7. The molecule has 1 aliphatic rings. The molecular formula is C17H21FN4O2. The van der Waals surface area contributed by atoms with E-state index in [-0.39, 0.29) is 24.8 Å². The lowest BCUT2D eigenvalue weighted by atomic mass is 10.2. The van der Waals surface area contributed by atoms with Gasteiger partial charge in [-0.25, -0.2) is 14.4 Å². The fourth-order valence-electron chi connectivity index (χ4n) is 2.52. The molecule has 0 saturated carbocycles. The maximum Gasteiger partial charge on any atom is 0.257 e. The minimum Gasteiger partial charge on any atom is -0.487 e. The van der Waals surface area contributed by atoms with Crippen LogP contribution in [0.25, 0.3) is 0 Å². The summed E-state index contributed by atoms with van der Waals surface area (Å²) in [7, 11) is 0. The summed E-state index contributed by atoms with van der Waals surface area (Å²) < 4.78 is 24.8. The van der Waals surface area contributed by atoms with Gasteiger partial charge in [0.1, 0.15) is 13.2 Å². The zero-order chi connectivity index (χ0) is 16.8. The summed E-state index contributed by atoms with van der Waals surface area (Å²) in [5.41, 5.74) is 0.947. The average Bonchev–Trinajstić information content (AvgIpc) is 2.62. The van der Waals surface area contributed by atoms with Gasteiger partial charge in [0.25, 0.3) is 5.88 Å². The highest BCUT2D eigenvalue weighted by molar-refractivity contribution is 5.48. The van der Waals surface area contributed by atoms with E-state index in [2.05, 4.69) is 20.2 Å². The lowest BCUT2D eigenvalue weighted by molar-refractivity contribution is 0.206. The van der Waals surface area contributed by atoms with E-state index in [0.717, 1.165) is 37.6 Å². The Morgan fingerprint density at radius 1 is 1.12 bits per heavy atom. The molecule has 3 rings (SSSR count). The highest BCUT2D eigenvalue weighted by Gasteiger charge is 2.17. The van der Waals surface area contributed by atoms with Crippen molar-refractivity contribution >= 4 is 5.82 Å². The van der Waals surface area contributed by atoms with Crippen LogP contribution in [0.5, 0.6) is 11.6 Å². The van der Waals surface area contributed by atoms with Crippen LogP contribution in [0, 0.1) is 12.7 Å². The Balaban J connectivity index is 1.56. The van der Waals surface area contributed by atoms with Crippen molar-refractivity contribution in [3.05, 3.63) is 42.0 Å². The molecule has 0 bridgehead atoms. The summed E-state index contributed by atoms with van der Waals surface area (Å²) in [5.74, 6) is 1.08. The number of benzene rings is 1. The molecule has 7 heteroatoms. The topological polar surface area (TPSA) is 59.5 Å². The summed E-state index contributed by atoms with van der Waals surface area (Å²) in [6.07, 6.45) is 3.25. The number of piperazine rings is 1. The van der Waals surface area contributed by atoms with Gasteiger partial charge in [0.05, 0.1) is 0 Å². The molecule has 24 heavy (non-hydrogen) atoms. The van der Waals surface area contributed by atoms with Crippen molar-refractivity contribution < 1.29 is 13.9 Å². The fraction of sp³-hybridized carbons (Fsp3) is 0.412. The summed E-state index contributed by atoms with van der Waals surface area (Å²) in [4.78, 5) is 10.8. The van der Waals surface area contributed by atoms with Crippen molar-refractivity contribution in [2.75, 3.05) is 44.3 Å². The van der Waals surface area contributed by atoms with Gasteiger partial charge in [-0.15, -0.1) is 0 Å². The van der Waals surface area contributed by atoms with Gasteiger partial charge in [-0.1, -0.05) is 6.07 Å². The Morgan fingerprint density at radius 3 is 2.71 bits per heavy atom. The van der Waals surface area contributed by atoms with Gasteiger partial charge in [-0.05, 0) is 24.6 Å². The van der Waals surface area contributed by atoms with E-state index < -0.39 is 0 Å². The molecule has 1 aliphatic heterocycles. The minimum atomic E-state index is -0.374. The van der Waals surface area contributed by atoms with Gasteiger partial charge in [0.2, 0.25) is 0 Å². The number of halogens is 1. The van der Waals surface area contributed by atoms with Gasteiger partial charge in [-0.2, -0.15) is 0 Å². The number of rotatable bonds is 6. The predicted octanol–water partition coefficient (Wildman–Crippen LogP) is 1.79. The Morgan fingerprint density at radius 2 is 1.88 bits per heavy atom. The molecular weight excluding hydrogens is 311 g/mol. The Bertz CT molecular complexity index is 677. The number of hydrogen-bond donors (Lipinski definition) is 1. The highest BCUT2D eigenvalue weighted by atomic mass is 19.1. The summed E-state index contributed by atoms with van der Waals surface area (Å²) in [5, 5.41) is 3.30. The first-order valence-corrected chi connectivity index (χ1v) is 8.02. The molecule has 2 heterocycles. The minimum absolute atomic E-state index is 0.234. The zero-order valence-corrected chi connectivity index (χ0v) is 13.7. The fourth-order valence-corrected chi connectivity index (χ4v) is 2.52. The van der Waals surface area contributed by atoms with Gasteiger partial charge in [0, 0.05) is 38.6 Å². The summed E-state index contributed by atoms with van der Waals surface area (Å²) in [6, 6.07) is 4.78. The smallest absolute Gasteiger partial charge is 0.257 e. The van der Waals surface area contributed by atoms with Crippen molar-refractivity contribution in [2.24, 2.45) is 0 Å². The summed E-state index contributed by atoms with van der Waals surface area (Å²) in [6.45, 7) is 5.93. The SMILES string of the molecule is Cc1ccc(F)c(OCCOc2nccnc2N2CCNCC2)c1. The molecule has 1 fully saturated rings. The van der Waals surface area contributed by atoms with Crippen molar-refractivity contribution in [3.8, 4) is 11.6 Å². The second kappa shape index (κ2) is 7.92. The molecule has 0 aliphatic carbocycles. The first-order valence-electron chi connectivity index (χ1n) is 8.02. The van der Waals surface area contributed by atoms with Gasteiger partial charge in [-0.3, -0.25) is 0 Å². The maximum atomic E-state index is 13.6. The molecule has 128 valence electrons. The van der Waals surface area contributed by atoms with Crippen LogP contribution in [0.15, 0.2) is 30.6 Å². The van der Waals surface area contributed by atoms with Crippen LogP contribution in [-0.2, 0) is 0 Å². The van der Waals surface area contributed by atoms with Crippen molar-refractivity contribution in [3.63, 3.8) is 0 Å². The Kier molecular flexibility index (Phi) is 5.43. The summed E-state index contributed by atoms with van der Waals surface area (Å²) >= 11 is 0. The Labute approximate surface area is 140 Å². The molecule has 1 aromatic heterocycles. The van der Waals surface area contributed by atoms with Gasteiger partial charge < -0.3 is 19.7 Å². The molecule has 0 unspecified atom stereocenters. The maximum absolute atomic E-state index is 13.6.